The van der Waals surface area contributed by atoms with Gasteiger partial charge in [-0.1, -0.05) is 12.1 Å². The Balaban J connectivity index is 1.75. The Hall–Kier alpha value is -3.46. The van der Waals surface area contributed by atoms with Crippen LogP contribution < -0.4 is 14.4 Å². The first-order valence-electron chi connectivity index (χ1n) is 8.69. The lowest BCUT2D eigenvalue weighted by Crippen LogP contribution is -2.27. The average molecular weight is 412 g/mol. The molecule has 0 aliphatic carbocycles. The lowest BCUT2D eigenvalue weighted by atomic mass is 10.2. The van der Waals surface area contributed by atoms with Gasteiger partial charge in [0.25, 0.3) is 15.9 Å². The van der Waals surface area contributed by atoms with Gasteiger partial charge < -0.3 is 10.1 Å². The zero-order chi connectivity index (χ0) is 20.9. The number of nitrogens with zero attached hydrogens (tertiary/aromatic N) is 3. The van der Waals surface area contributed by atoms with Crippen molar-refractivity contribution in [1.82, 2.24) is 15.3 Å². The molecule has 0 saturated heterocycles. The number of anilines is 1. The average Bonchev–Trinajstić information content (AvgIpc) is 2.77. The van der Waals surface area contributed by atoms with Crippen LogP contribution in [0.15, 0.2) is 71.9 Å². The smallest absolute Gasteiger partial charge is 0.264 e. The van der Waals surface area contributed by atoms with Crippen molar-refractivity contribution in [3.05, 3.63) is 78.4 Å². The molecular formula is C20H20N4O4S. The largest absolute Gasteiger partial charge is 0.495 e. The summed E-state index contributed by atoms with van der Waals surface area (Å²) in [5, 5.41) is 2.70. The standard InChI is InChI=1S/C20H20N4O4S/c1-24(17-6-3-4-7-18(17)28-2)29(26,27)16-10-8-15(9-11-16)20(25)23-14-19-21-12-5-13-22-19/h3-13H,14H2,1-2H3,(H,23,25). The van der Waals surface area contributed by atoms with Gasteiger partial charge in [0.2, 0.25) is 0 Å². The van der Waals surface area contributed by atoms with Crippen molar-refractivity contribution in [1.29, 1.82) is 0 Å². The number of amides is 1. The number of nitrogens with one attached hydrogen (secondary N) is 1. The van der Waals surface area contributed by atoms with Crippen molar-refractivity contribution < 1.29 is 17.9 Å². The minimum Gasteiger partial charge on any atom is -0.495 e. The van der Waals surface area contributed by atoms with Crippen LogP contribution in [0.1, 0.15) is 16.2 Å². The molecule has 9 heteroatoms. The molecular weight excluding hydrogens is 392 g/mol. The van der Waals surface area contributed by atoms with Crippen LogP contribution in [0.3, 0.4) is 0 Å². The molecule has 1 N–H and O–H groups in total. The van der Waals surface area contributed by atoms with Crippen molar-refractivity contribution in [2.45, 2.75) is 11.4 Å². The van der Waals surface area contributed by atoms with E-state index in [-0.39, 0.29) is 17.3 Å². The number of aromatic nitrogens is 2. The quantitative estimate of drug-likeness (QED) is 0.639. The zero-order valence-corrected chi connectivity index (χ0v) is 16.8. The van der Waals surface area contributed by atoms with Crippen LogP contribution in [0.2, 0.25) is 0 Å². The predicted octanol–water partition coefficient (Wildman–Crippen LogP) is 2.24. The second-order valence-electron chi connectivity index (χ2n) is 6.02. The van der Waals surface area contributed by atoms with Crippen molar-refractivity contribution in [3.8, 4) is 5.75 Å². The maximum Gasteiger partial charge on any atom is 0.264 e. The fourth-order valence-electron chi connectivity index (χ4n) is 2.64. The van der Waals surface area contributed by atoms with Gasteiger partial charge in [0.05, 0.1) is 24.2 Å². The summed E-state index contributed by atoms with van der Waals surface area (Å²) in [5.41, 5.74) is 0.750. The van der Waals surface area contributed by atoms with E-state index in [4.69, 9.17) is 4.74 Å². The van der Waals surface area contributed by atoms with Crippen LogP contribution in [0.4, 0.5) is 5.69 Å². The van der Waals surface area contributed by atoms with Gasteiger partial charge in [-0.3, -0.25) is 9.10 Å². The second kappa shape index (κ2) is 8.70. The third-order valence-electron chi connectivity index (χ3n) is 4.23. The lowest BCUT2D eigenvalue weighted by Gasteiger charge is -2.21. The normalized spacial score (nSPS) is 11.0. The number of methoxy groups -OCH3 is 1. The summed E-state index contributed by atoms with van der Waals surface area (Å²) in [6.07, 6.45) is 3.18. The van der Waals surface area contributed by atoms with E-state index in [0.29, 0.717) is 22.8 Å². The highest BCUT2D eigenvalue weighted by Crippen LogP contribution is 2.30. The minimum atomic E-state index is -3.82. The number of para-hydroxylation sites is 2. The Morgan fingerprint density at radius 3 is 2.34 bits per heavy atom. The summed E-state index contributed by atoms with van der Waals surface area (Å²) in [6, 6.07) is 14.2. The van der Waals surface area contributed by atoms with Gasteiger partial charge >= 0.3 is 0 Å². The molecule has 0 saturated carbocycles. The van der Waals surface area contributed by atoms with Crippen LogP contribution in [0, 0.1) is 0 Å². The molecule has 0 atom stereocenters. The molecule has 0 unspecified atom stereocenters. The molecule has 0 bridgehead atoms. The first-order valence-corrected chi connectivity index (χ1v) is 10.1. The fourth-order valence-corrected chi connectivity index (χ4v) is 3.84. The highest BCUT2D eigenvalue weighted by Gasteiger charge is 2.23. The van der Waals surface area contributed by atoms with Crippen molar-refractivity contribution in [2.75, 3.05) is 18.5 Å². The molecule has 0 radical (unpaired) electrons. The first-order chi connectivity index (χ1) is 13.9. The number of sulfonamides is 1. The molecule has 3 aromatic rings. The molecule has 8 nitrogen and oxygen atoms in total. The molecule has 1 aromatic heterocycles. The lowest BCUT2D eigenvalue weighted by molar-refractivity contribution is 0.0949. The van der Waals surface area contributed by atoms with Gasteiger partial charge in [-0.15, -0.1) is 0 Å². The Kier molecular flexibility index (Phi) is 6.08. The van der Waals surface area contributed by atoms with E-state index in [0.717, 1.165) is 4.31 Å². The Labute approximate surface area is 169 Å². The number of benzene rings is 2. The molecule has 1 amide bonds. The van der Waals surface area contributed by atoms with Gasteiger partial charge in [-0.05, 0) is 42.5 Å². The van der Waals surface area contributed by atoms with E-state index in [1.54, 1.807) is 42.7 Å². The molecule has 0 aliphatic rings. The Morgan fingerprint density at radius 2 is 1.69 bits per heavy atom. The fraction of sp³-hybridized carbons (Fsp3) is 0.150. The molecule has 3 rings (SSSR count). The van der Waals surface area contributed by atoms with Crippen LogP contribution in [-0.4, -0.2) is 38.5 Å². The molecule has 2 aromatic carbocycles. The van der Waals surface area contributed by atoms with Crippen molar-refractivity contribution in [3.63, 3.8) is 0 Å². The topological polar surface area (TPSA) is 101 Å². The summed E-state index contributed by atoms with van der Waals surface area (Å²) in [7, 11) is -0.889. The van der Waals surface area contributed by atoms with E-state index < -0.39 is 10.0 Å². The van der Waals surface area contributed by atoms with Crippen molar-refractivity contribution >= 4 is 21.6 Å². The van der Waals surface area contributed by atoms with Gasteiger partial charge in [0.1, 0.15) is 11.6 Å². The maximum absolute atomic E-state index is 12.9. The third kappa shape index (κ3) is 4.52. The van der Waals surface area contributed by atoms with E-state index in [1.807, 2.05) is 0 Å². The molecule has 150 valence electrons. The summed E-state index contributed by atoms with van der Waals surface area (Å²) in [6.45, 7) is 0.177. The van der Waals surface area contributed by atoms with Gasteiger partial charge in [0.15, 0.2) is 0 Å². The SMILES string of the molecule is COc1ccccc1N(C)S(=O)(=O)c1ccc(C(=O)NCc2ncccn2)cc1. The summed E-state index contributed by atoms with van der Waals surface area (Å²) in [4.78, 5) is 20.4. The maximum atomic E-state index is 12.9. The number of carbonyl (C=O) groups is 1. The van der Waals surface area contributed by atoms with E-state index in [1.165, 1.54) is 38.4 Å². The number of hydrogen-bond donors (Lipinski definition) is 1. The van der Waals surface area contributed by atoms with Gasteiger partial charge in [0, 0.05) is 25.0 Å². The predicted molar refractivity (Wildman–Crippen MR) is 108 cm³/mol. The van der Waals surface area contributed by atoms with E-state index >= 15 is 0 Å². The van der Waals surface area contributed by atoms with Crippen LogP contribution in [0.25, 0.3) is 0 Å². The monoisotopic (exact) mass is 412 g/mol. The summed E-state index contributed by atoms with van der Waals surface area (Å²) in [5.74, 6) is 0.579. The summed E-state index contributed by atoms with van der Waals surface area (Å²) < 4.78 is 32.3. The summed E-state index contributed by atoms with van der Waals surface area (Å²) >= 11 is 0. The Morgan fingerprint density at radius 1 is 1.03 bits per heavy atom. The molecule has 29 heavy (non-hydrogen) atoms. The van der Waals surface area contributed by atoms with Crippen LogP contribution in [0.5, 0.6) is 5.75 Å². The highest BCUT2D eigenvalue weighted by atomic mass is 32.2. The van der Waals surface area contributed by atoms with Gasteiger partial charge in [-0.25, -0.2) is 18.4 Å². The highest BCUT2D eigenvalue weighted by molar-refractivity contribution is 7.92. The second-order valence-corrected chi connectivity index (χ2v) is 7.99. The van der Waals surface area contributed by atoms with Crippen molar-refractivity contribution in [2.24, 2.45) is 0 Å². The molecule has 0 aliphatic heterocycles. The number of rotatable bonds is 7. The molecule has 0 fully saturated rings. The van der Waals surface area contributed by atoms with E-state index in [2.05, 4.69) is 15.3 Å². The Bertz CT molecular complexity index is 1090. The number of ether oxygens (including phenoxy) is 1. The molecule has 1 heterocycles. The van der Waals surface area contributed by atoms with Gasteiger partial charge in [-0.2, -0.15) is 0 Å². The zero-order valence-electron chi connectivity index (χ0n) is 15.9. The number of hydrogen-bond acceptors (Lipinski definition) is 6. The minimum absolute atomic E-state index is 0.0637. The van der Waals surface area contributed by atoms with Crippen LogP contribution in [-0.2, 0) is 16.6 Å². The number of carbonyl (C=O) groups excluding carboxylic acids is 1. The third-order valence-corrected chi connectivity index (χ3v) is 6.01. The van der Waals surface area contributed by atoms with Crippen LogP contribution >= 0.6 is 0 Å². The first kappa shape index (κ1) is 20.3. The van der Waals surface area contributed by atoms with E-state index in [9.17, 15) is 13.2 Å². The molecule has 0 spiro atoms.